The van der Waals surface area contributed by atoms with Gasteiger partial charge in [-0.2, -0.15) is 0 Å². The zero-order valence-corrected chi connectivity index (χ0v) is 3.27. The highest BCUT2D eigenvalue weighted by molar-refractivity contribution is 4.38. The van der Waals surface area contributed by atoms with E-state index in [0.29, 0.717) is 6.61 Å². The number of hydrogen-bond acceptors (Lipinski definition) is 1. The standard InChI is InChI=1S/C4H7O/c1-3-5-4-2/h1,3H,4H2,2H3/q+1. The Hall–Kier alpha value is -0.550. The molecular formula is C4H7O+. The third kappa shape index (κ3) is 3.45. The monoisotopic (exact) mass is 71.0 g/mol. The van der Waals surface area contributed by atoms with Crippen LogP contribution in [0.3, 0.4) is 0 Å². The van der Waals surface area contributed by atoms with Gasteiger partial charge >= 0.3 is 6.26 Å². The Bertz CT molecular complexity index is 24.8. The van der Waals surface area contributed by atoms with Crippen LogP contribution in [0.4, 0.5) is 0 Å². The first-order valence-corrected chi connectivity index (χ1v) is 1.56. The Morgan fingerprint density at radius 3 is 2.60 bits per heavy atom. The smallest absolute Gasteiger partial charge is 0.325 e. The minimum absolute atomic E-state index is 0.663. The summed E-state index contributed by atoms with van der Waals surface area (Å²) in [5, 5.41) is 0. The van der Waals surface area contributed by atoms with Crippen molar-refractivity contribution in [2.45, 2.75) is 6.92 Å². The summed E-state index contributed by atoms with van der Waals surface area (Å²) < 4.78 is 4.49. The fourth-order valence-electron chi connectivity index (χ4n) is 0.0962. The van der Waals surface area contributed by atoms with Crippen LogP contribution in [0.25, 0.3) is 0 Å². The largest absolute Gasteiger partial charge is 0.459 e. The molecule has 5 heavy (non-hydrogen) atoms. The van der Waals surface area contributed by atoms with E-state index < -0.39 is 0 Å². The molecule has 0 aromatic rings. The molecule has 0 aromatic heterocycles. The van der Waals surface area contributed by atoms with Gasteiger partial charge < -0.3 is 4.74 Å². The van der Waals surface area contributed by atoms with Crippen LogP contribution in [0.2, 0.25) is 0 Å². The van der Waals surface area contributed by atoms with Crippen LogP contribution in [0.15, 0.2) is 6.26 Å². The molecule has 1 heteroatoms. The van der Waals surface area contributed by atoms with Crippen molar-refractivity contribution >= 4 is 0 Å². The highest BCUT2D eigenvalue weighted by Crippen LogP contribution is 1.64. The van der Waals surface area contributed by atoms with Gasteiger partial charge in [-0.15, -0.1) is 0 Å². The van der Waals surface area contributed by atoms with Crippen molar-refractivity contribution in [1.29, 1.82) is 0 Å². The van der Waals surface area contributed by atoms with Gasteiger partial charge in [0.05, 0.1) is 6.61 Å². The Morgan fingerprint density at radius 1 is 2.00 bits per heavy atom. The molecular weight excluding hydrogens is 64.0 g/mol. The summed E-state index contributed by atoms with van der Waals surface area (Å²) in [7, 11) is 0. The van der Waals surface area contributed by atoms with Crippen molar-refractivity contribution in [3.63, 3.8) is 0 Å². The Kier molecular flexibility index (Phi) is 3.07. The molecule has 0 aliphatic rings. The molecule has 0 atom stereocenters. The van der Waals surface area contributed by atoms with Gasteiger partial charge in [0.2, 0.25) is 6.58 Å². The average Bonchev–Trinajstić information content (AvgIpc) is 1.41. The summed E-state index contributed by atoms with van der Waals surface area (Å²) in [6, 6.07) is 0. The molecule has 28 valence electrons. The molecule has 0 fully saturated rings. The lowest BCUT2D eigenvalue weighted by molar-refractivity contribution is 0.269. The first-order chi connectivity index (χ1) is 2.41. The second-order valence-corrected chi connectivity index (χ2v) is 0.591. The zero-order valence-electron chi connectivity index (χ0n) is 3.27. The van der Waals surface area contributed by atoms with Crippen LogP contribution in [0, 0.1) is 6.58 Å². The number of hydrogen-bond donors (Lipinski definition) is 0. The van der Waals surface area contributed by atoms with Gasteiger partial charge in [-0.1, -0.05) is 0 Å². The highest BCUT2D eigenvalue weighted by Gasteiger charge is 1.64. The SMILES string of the molecule is [CH+]=COCC. The third-order valence-corrected chi connectivity index (χ3v) is 0.263. The summed E-state index contributed by atoms with van der Waals surface area (Å²) in [6.45, 7) is 7.33. The van der Waals surface area contributed by atoms with Gasteiger partial charge in [-0.3, -0.25) is 0 Å². The maximum Gasteiger partial charge on any atom is 0.325 e. The van der Waals surface area contributed by atoms with Gasteiger partial charge in [0.15, 0.2) is 0 Å². The van der Waals surface area contributed by atoms with Gasteiger partial charge in [-0.25, -0.2) is 0 Å². The van der Waals surface area contributed by atoms with Crippen molar-refractivity contribution in [2.75, 3.05) is 6.61 Å². The van der Waals surface area contributed by atoms with Gasteiger partial charge in [0.25, 0.3) is 0 Å². The van der Waals surface area contributed by atoms with Crippen molar-refractivity contribution in [3.8, 4) is 0 Å². The van der Waals surface area contributed by atoms with E-state index in [1.165, 1.54) is 6.26 Å². The summed E-state index contributed by atoms with van der Waals surface area (Å²) in [5.74, 6) is 0. The van der Waals surface area contributed by atoms with E-state index >= 15 is 0 Å². The molecule has 0 N–H and O–H groups in total. The molecule has 0 saturated heterocycles. The quantitative estimate of drug-likeness (QED) is 0.348. The molecule has 0 amide bonds. The second kappa shape index (κ2) is 3.45. The lowest BCUT2D eigenvalue weighted by Crippen LogP contribution is -1.72. The van der Waals surface area contributed by atoms with Gasteiger partial charge in [0.1, 0.15) is 0 Å². The van der Waals surface area contributed by atoms with E-state index in [2.05, 4.69) is 4.74 Å². The normalized spacial score (nSPS) is 6.40. The molecule has 0 aliphatic carbocycles. The molecule has 1 nitrogen and oxygen atoms in total. The number of rotatable bonds is 2. The molecule has 0 unspecified atom stereocenters. The van der Waals surface area contributed by atoms with Crippen LogP contribution >= 0.6 is 0 Å². The maximum atomic E-state index is 4.79. The fraction of sp³-hybridized carbons (Fsp3) is 0.500. The molecule has 0 bridgehead atoms. The average molecular weight is 71.1 g/mol. The lowest BCUT2D eigenvalue weighted by atomic mass is 10.9. The van der Waals surface area contributed by atoms with Crippen LogP contribution in [-0.4, -0.2) is 6.61 Å². The Balaban J connectivity index is 2.40. The van der Waals surface area contributed by atoms with E-state index in [4.69, 9.17) is 6.58 Å². The third-order valence-electron chi connectivity index (χ3n) is 0.263. The minimum atomic E-state index is 0.663. The van der Waals surface area contributed by atoms with Gasteiger partial charge in [-0.05, 0) is 6.92 Å². The fourth-order valence-corrected chi connectivity index (χ4v) is 0.0962. The van der Waals surface area contributed by atoms with Crippen LogP contribution in [0.5, 0.6) is 0 Å². The molecule has 0 aromatic carbocycles. The molecule has 0 aliphatic heterocycles. The van der Waals surface area contributed by atoms with Crippen molar-refractivity contribution < 1.29 is 4.74 Å². The van der Waals surface area contributed by atoms with E-state index in [1.807, 2.05) is 6.92 Å². The van der Waals surface area contributed by atoms with E-state index in [-0.39, 0.29) is 0 Å². The lowest BCUT2D eigenvalue weighted by Gasteiger charge is -1.77. The highest BCUT2D eigenvalue weighted by atomic mass is 16.5. The topological polar surface area (TPSA) is 9.23 Å². The van der Waals surface area contributed by atoms with E-state index in [1.54, 1.807) is 0 Å². The summed E-state index contributed by atoms with van der Waals surface area (Å²) in [5.41, 5.74) is 0. The minimum Gasteiger partial charge on any atom is -0.459 e. The molecule has 0 radical (unpaired) electrons. The predicted octanol–water partition coefficient (Wildman–Crippen LogP) is 0.970. The Morgan fingerprint density at radius 2 is 2.60 bits per heavy atom. The van der Waals surface area contributed by atoms with Crippen molar-refractivity contribution in [2.24, 2.45) is 0 Å². The summed E-state index contributed by atoms with van der Waals surface area (Å²) in [4.78, 5) is 0. The summed E-state index contributed by atoms with van der Waals surface area (Å²) in [6.07, 6.45) is 1.18. The van der Waals surface area contributed by atoms with Crippen LogP contribution in [-0.2, 0) is 4.74 Å². The first-order valence-electron chi connectivity index (χ1n) is 1.56. The molecule has 0 heterocycles. The summed E-state index contributed by atoms with van der Waals surface area (Å²) >= 11 is 0. The Labute approximate surface area is 32.3 Å². The first kappa shape index (κ1) is 4.45. The molecule has 0 spiro atoms. The maximum absolute atomic E-state index is 4.79. The van der Waals surface area contributed by atoms with Crippen molar-refractivity contribution in [3.05, 3.63) is 12.8 Å². The van der Waals surface area contributed by atoms with E-state index in [9.17, 15) is 0 Å². The van der Waals surface area contributed by atoms with Gasteiger partial charge in [0, 0.05) is 0 Å². The van der Waals surface area contributed by atoms with Crippen molar-refractivity contribution in [1.82, 2.24) is 0 Å². The number of ether oxygens (including phenoxy) is 1. The van der Waals surface area contributed by atoms with E-state index in [0.717, 1.165) is 0 Å². The molecule has 0 saturated carbocycles. The van der Waals surface area contributed by atoms with Crippen LogP contribution < -0.4 is 0 Å². The zero-order chi connectivity index (χ0) is 4.12. The second-order valence-electron chi connectivity index (χ2n) is 0.591. The predicted molar refractivity (Wildman–Crippen MR) is 20.5 cm³/mol. The molecule has 0 rings (SSSR count). The van der Waals surface area contributed by atoms with Crippen LogP contribution in [0.1, 0.15) is 6.92 Å².